The lowest BCUT2D eigenvalue weighted by Crippen LogP contribution is -2.23. The zero-order valence-corrected chi connectivity index (χ0v) is 13.2. The zero-order chi connectivity index (χ0) is 13.5. The second kappa shape index (κ2) is 7.73. The van der Waals surface area contributed by atoms with E-state index in [2.05, 4.69) is 60.9 Å². The molecule has 3 heteroatoms. The van der Waals surface area contributed by atoms with Crippen molar-refractivity contribution in [3.8, 4) is 0 Å². The third kappa shape index (κ3) is 4.37. The molecule has 1 aromatic heterocycles. The standard InChI is InChI=1S/C16H21NS2/c1-3-10-17-14(16-9-6-11-18-16)12-19-15-8-5-4-7-13(15)2/h4-9,11,14,17H,3,10,12H2,1-2H3. The van der Waals surface area contributed by atoms with Crippen LogP contribution < -0.4 is 5.32 Å². The highest BCUT2D eigenvalue weighted by Gasteiger charge is 2.12. The second-order valence-corrected chi connectivity index (χ2v) is 6.64. The van der Waals surface area contributed by atoms with Gasteiger partial charge in [0, 0.05) is 15.5 Å². The van der Waals surface area contributed by atoms with Gasteiger partial charge in [-0.05, 0) is 43.0 Å². The van der Waals surface area contributed by atoms with Gasteiger partial charge in [-0.3, -0.25) is 0 Å². The molecule has 102 valence electrons. The monoisotopic (exact) mass is 291 g/mol. The van der Waals surface area contributed by atoms with Crippen molar-refractivity contribution in [2.75, 3.05) is 12.3 Å². The first-order valence-corrected chi connectivity index (χ1v) is 8.63. The highest BCUT2D eigenvalue weighted by molar-refractivity contribution is 7.99. The Balaban J connectivity index is 1.99. The summed E-state index contributed by atoms with van der Waals surface area (Å²) in [6.07, 6.45) is 1.18. The minimum Gasteiger partial charge on any atom is -0.309 e. The summed E-state index contributed by atoms with van der Waals surface area (Å²) < 4.78 is 0. The van der Waals surface area contributed by atoms with Crippen molar-refractivity contribution in [1.29, 1.82) is 0 Å². The fourth-order valence-electron chi connectivity index (χ4n) is 1.94. The summed E-state index contributed by atoms with van der Waals surface area (Å²) in [5.41, 5.74) is 1.37. The van der Waals surface area contributed by atoms with E-state index < -0.39 is 0 Å². The minimum atomic E-state index is 0.463. The summed E-state index contributed by atoms with van der Waals surface area (Å²) in [5, 5.41) is 5.81. The first-order chi connectivity index (χ1) is 9.31. The van der Waals surface area contributed by atoms with Crippen LogP contribution in [0.3, 0.4) is 0 Å². The van der Waals surface area contributed by atoms with Crippen LogP contribution in [0, 0.1) is 6.92 Å². The lowest BCUT2D eigenvalue weighted by molar-refractivity contribution is 0.585. The van der Waals surface area contributed by atoms with Gasteiger partial charge in [0.05, 0.1) is 6.04 Å². The number of rotatable bonds is 7. The Kier molecular flexibility index (Phi) is 5.95. The van der Waals surface area contributed by atoms with Crippen LogP contribution in [0.2, 0.25) is 0 Å². The molecule has 0 saturated carbocycles. The molecule has 2 aromatic rings. The molecule has 19 heavy (non-hydrogen) atoms. The molecule has 1 N–H and O–H groups in total. The summed E-state index contributed by atoms with van der Waals surface area (Å²) in [7, 11) is 0. The summed E-state index contributed by atoms with van der Waals surface area (Å²) in [6, 6.07) is 13.5. The molecule has 0 aliphatic carbocycles. The molecule has 1 atom stereocenters. The maximum Gasteiger partial charge on any atom is 0.0510 e. The number of thiophene rings is 1. The first kappa shape index (κ1) is 14.6. The molecule has 0 bridgehead atoms. The molecule has 2 rings (SSSR count). The van der Waals surface area contributed by atoms with Gasteiger partial charge in [-0.25, -0.2) is 0 Å². The molecule has 0 aliphatic heterocycles. The van der Waals surface area contributed by atoms with Gasteiger partial charge in [0.1, 0.15) is 0 Å². The van der Waals surface area contributed by atoms with E-state index in [1.54, 1.807) is 0 Å². The Hall–Kier alpha value is -0.770. The zero-order valence-electron chi connectivity index (χ0n) is 11.6. The first-order valence-electron chi connectivity index (χ1n) is 6.76. The predicted molar refractivity (Wildman–Crippen MR) is 87.3 cm³/mol. The molecule has 1 aromatic carbocycles. The molecular formula is C16H21NS2. The van der Waals surface area contributed by atoms with Crippen LogP contribution in [0.1, 0.15) is 29.8 Å². The summed E-state index contributed by atoms with van der Waals surface area (Å²) in [4.78, 5) is 2.83. The quantitative estimate of drug-likeness (QED) is 0.729. The van der Waals surface area contributed by atoms with Crippen LogP contribution in [0.15, 0.2) is 46.7 Å². The molecule has 0 spiro atoms. The van der Waals surface area contributed by atoms with Crippen molar-refractivity contribution >= 4 is 23.1 Å². The van der Waals surface area contributed by atoms with Gasteiger partial charge in [0.15, 0.2) is 0 Å². The molecule has 0 radical (unpaired) electrons. The molecular weight excluding hydrogens is 270 g/mol. The average molecular weight is 291 g/mol. The molecule has 0 amide bonds. The lowest BCUT2D eigenvalue weighted by atomic mass is 10.2. The fourth-order valence-corrected chi connectivity index (χ4v) is 3.96. The maximum absolute atomic E-state index is 3.65. The van der Waals surface area contributed by atoms with E-state index in [0.717, 1.165) is 12.3 Å². The van der Waals surface area contributed by atoms with Crippen LogP contribution in [0.5, 0.6) is 0 Å². The number of thioether (sulfide) groups is 1. The van der Waals surface area contributed by atoms with E-state index >= 15 is 0 Å². The van der Waals surface area contributed by atoms with Gasteiger partial charge in [-0.2, -0.15) is 0 Å². The average Bonchev–Trinajstić information content (AvgIpc) is 2.94. The van der Waals surface area contributed by atoms with E-state index in [-0.39, 0.29) is 0 Å². The number of hydrogen-bond donors (Lipinski definition) is 1. The van der Waals surface area contributed by atoms with Gasteiger partial charge in [0.2, 0.25) is 0 Å². The maximum atomic E-state index is 3.65. The largest absolute Gasteiger partial charge is 0.309 e. The predicted octanol–water partition coefficient (Wildman–Crippen LogP) is 4.89. The Morgan fingerprint density at radius 1 is 1.21 bits per heavy atom. The SMILES string of the molecule is CCCNC(CSc1ccccc1C)c1cccs1. The smallest absolute Gasteiger partial charge is 0.0510 e. The van der Waals surface area contributed by atoms with Crippen molar-refractivity contribution in [2.24, 2.45) is 0 Å². The Bertz CT molecular complexity index is 479. The third-order valence-corrected chi connectivity index (χ3v) is 5.28. The van der Waals surface area contributed by atoms with Gasteiger partial charge >= 0.3 is 0 Å². The van der Waals surface area contributed by atoms with E-state index in [1.165, 1.54) is 21.8 Å². The van der Waals surface area contributed by atoms with E-state index in [0.29, 0.717) is 6.04 Å². The third-order valence-electron chi connectivity index (χ3n) is 3.03. The van der Waals surface area contributed by atoms with Crippen molar-refractivity contribution in [2.45, 2.75) is 31.2 Å². The molecule has 0 saturated heterocycles. The number of aryl methyl sites for hydroxylation is 1. The van der Waals surface area contributed by atoms with Crippen LogP contribution in [-0.2, 0) is 0 Å². The fraction of sp³-hybridized carbons (Fsp3) is 0.375. The molecule has 1 unspecified atom stereocenters. The van der Waals surface area contributed by atoms with E-state index in [9.17, 15) is 0 Å². The normalized spacial score (nSPS) is 12.5. The molecule has 0 fully saturated rings. The Labute approximate surface area is 124 Å². The van der Waals surface area contributed by atoms with Gasteiger partial charge < -0.3 is 5.32 Å². The van der Waals surface area contributed by atoms with Crippen molar-refractivity contribution in [3.63, 3.8) is 0 Å². The van der Waals surface area contributed by atoms with Crippen LogP contribution in [0.25, 0.3) is 0 Å². The number of benzene rings is 1. The topological polar surface area (TPSA) is 12.0 Å². The number of nitrogens with one attached hydrogen (secondary N) is 1. The summed E-state index contributed by atoms with van der Waals surface area (Å²) in [5.74, 6) is 1.09. The highest BCUT2D eigenvalue weighted by Crippen LogP contribution is 2.28. The second-order valence-electron chi connectivity index (χ2n) is 4.60. The van der Waals surface area contributed by atoms with Crippen LogP contribution in [-0.4, -0.2) is 12.3 Å². The summed E-state index contributed by atoms with van der Waals surface area (Å²) >= 11 is 3.79. The van der Waals surface area contributed by atoms with Crippen LogP contribution in [0.4, 0.5) is 0 Å². The Morgan fingerprint density at radius 2 is 2.05 bits per heavy atom. The highest BCUT2D eigenvalue weighted by atomic mass is 32.2. The van der Waals surface area contributed by atoms with Crippen molar-refractivity contribution in [3.05, 3.63) is 52.2 Å². The lowest BCUT2D eigenvalue weighted by Gasteiger charge is -2.17. The van der Waals surface area contributed by atoms with Crippen molar-refractivity contribution < 1.29 is 0 Å². The molecule has 0 aliphatic rings. The minimum absolute atomic E-state index is 0.463. The van der Waals surface area contributed by atoms with Crippen LogP contribution >= 0.6 is 23.1 Å². The van der Waals surface area contributed by atoms with Gasteiger partial charge in [0.25, 0.3) is 0 Å². The van der Waals surface area contributed by atoms with E-state index in [1.807, 2.05) is 23.1 Å². The van der Waals surface area contributed by atoms with Crippen molar-refractivity contribution in [1.82, 2.24) is 5.32 Å². The Morgan fingerprint density at radius 3 is 2.74 bits per heavy atom. The molecule has 1 nitrogen and oxygen atoms in total. The van der Waals surface area contributed by atoms with E-state index in [4.69, 9.17) is 0 Å². The molecule has 1 heterocycles. The van der Waals surface area contributed by atoms with Gasteiger partial charge in [-0.1, -0.05) is 31.2 Å². The summed E-state index contributed by atoms with van der Waals surface area (Å²) in [6.45, 7) is 5.48. The van der Waals surface area contributed by atoms with Gasteiger partial charge in [-0.15, -0.1) is 23.1 Å². The number of hydrogen-bond acceptors (Lipinski definition) is 3.